The van der Waals surface area contributed by atoms with E-state index in [1.165, 1.54) is 6.42 Å². The summed E-state index contributed by atoms with van der Waals surface area (Å²) in [6.07, 6.45) is 3.10. The highest BCUT2D eigenvalue weighted by molar-refractivity contribution is 7.98. The van der Waals surface area contributed by atoms with E-state index in [0.717, 1.165) is 30.2 Å². The standard InChI is InChI=1S/C10H19N3OS/c1-3-5-8(11)10-12-9(13-14-10)7-15-6-4-2/h8H,3-7,11H2,1-2H3/t8-/m1/s1. The van der Waals surface area contributed by atoms with Crippen LogP contribution >= 0.6 is 11.8 Å². The molecule has 0 radical (unpaired) electrons. The van der Waals surface area contributed by atoms with Gasteiger partial charge in [0.2, 0.25) is 5.89 Å². The highest BCUT2D eigenvalue weighted by atomic mass is 32.2. The van der Waals surface area contributed by atoms with E-state index in [-0.39, 0.29) is 6.04 Å². The minimum Gasteiger partial charge on any atom is -0.338 e. The number of nitrogens with two attached hydrogens (primary N) is 1. The molecule has 86 valence electrons. The maximum atomic E-state index is 5.87. The lowest BCUT2D eigenvalue weighted by Crippen LogP contribution is -2.10. The number of thioether (sulfide) groups is 1. The fourth-order valence-electron chi connectivity index (χ4n) is 1.22. The highest BCUT2D eigenvalue weighted by Crippen LogP contribution is 2.15. The zero-order chi connectivity index (χ0) is 11.1. The predicted molar refractivity (Wildman–Crippen MR) is 62.6 cm³/mol. The van der Waals surface area contributed by atoms with Crippen molar-refractivity contribution in [3.63, 3.8) is 0 Å². The van der Waals surface area contributed by atoms with E-state index in [0.29, 0.717) is 5.89 Å². The molecule has 0 amide bonds. The van der Waals surface area contributed by atoms with Gasteiger partial charge in [-0.25, -0.2) is 0 Å². The number of hydrogen-bond acceptors (Lipinski definition) is 5. The van der Waals surface area contributed by atoms with Crippen LogP contribution in [0.5, 0.6) is 0 Å². The van der Waals surface area contributed by atoms with Crippen LogP contribution in [0.25, 0.3) is 0 Å². The van der Waals surface area contributed by atoms with Gasteiger partial charge < -0.3 is 10.3 Å². The molecular formula is C10H19N3OS. The van der Waals surface area contributed by atoms with Gasteiger partial charge in [-0.1, -0.05) is 25.4 Å². The molecule has 0 aliphatic rings. The van der Waals surface area contributed by atoms with Crippen LogP contribution in [-0.2, 0) is 5.75 Å². The van der Waals surface area contributed by atoms with Crippen molar-refractivity contribution in [1.82, 2.24) is 10.1 Å². The monoisotopic (exact) mass is 229 g/mol. The Bertz CT molecular complexity index is 277. The van der Waals surface area contributed by atoms with Crippen LogP contribution in [0.15, 0.2) is 4.52 Å². The number of aromatic nitrogens is 2. The highest BCUT2D eigenvalue weighted by Gasteiger charge is 2.13. The van der Waals surface area contributed by atoms with Gasteiger partial charge in [0.25, 0.3) is 0 Å². The summed E-state index contributed by atoms with van der Waals surface area (Å²) in [5.41, 5.74) is 5.87. The van der Waals surface area contributed by atoms with Crippen molar-refractivity contribution in [2.75, 3.05) is 5.75 Å². The van der Waals surface area contributed by atoms with E-state index >= 15 is 0 Å². The Labute approximate surface area is 95.0 Å². The molecule has 0 unspecified atom stereocenters. The Morgan fingerprint density at radius 1 is 1.40 bits per heavy atom. The van der Waals surface area contributed by atoms with Crippen molar-refractivity contribution in [2.24, 2.45) is 5.73 Å². The molecule has 5 heteroatoms. The third-order valence-electron chi connectivity index (χ3n) is 1.98. The van der Waals surface area contributed by atoms with Crippen molar-refractivity contribution < 1.29 is 4.52 Å². The summed E-state index contributed by atoms with van der Waals surface area (Å²) < 4.78 is 5.11. The number of nitrogens with zero attached hydrogens (tertiary/aromatic N) is 2. The van der Waals surface area contributed by atoms with Crippen LogP contribution in [0.1, 0.15) is 50.9 Å². The number of rotatable bonds is 7. The second-order valence-electron chi connectivity index (χ2n) is 3.50. The minimum absolute atomic E-state index is 0.104. The maximum Gasteiger partial charge on any atom is 0.243 e. The summed E-state index contributed by atoms with van der Waals surface area (Å²) in [4.78, 5) is 4.28. The molecule has 1 rings (SSSR count). The van der Waals surface area contributed by atoms with Gasteiger partial charge in [0.15, 0.2) is 5.82 Å². The summed E-state index contributed by atoms with van der Waals surface area (Å²) in [7, 11) is 0. The summed E-state index contributed by atoms with van der Waals surface area (Å²) >= 11 is 1.82. The molecular weight excluding hydrogens is 210 g/mol. The normalized spacial score (nSPS) is 13.0. The van der Waals surface area contributed by atoms with E-state index in [1.807, 2.05) is 11.8 Å². The van der Waals surface area contributed by atoms with Crippen molar-refractivity contribution >= 4 is 11.8 Å². The zero-order valence-corrected chi connectivity index (χ0v) is 10.2. The lowest BCUT2D eigenvalue weighted by Gasteiger charge is -2.02. The fourth-order valence-corrected chi connectivity index (χ4v) is 1.95. The van der Waals surface area contributed by atoms with Crippen LogP contribution in [0.4, 0.5) is 0 Å². The first kappa shape index (κ1) is 12.5. The number of hydrogen-bond donors (Lipinski definition) is 1. The molecule has 1 atom stereocenters. The first-order valence-corrected chi connectivity index (χ1v) is 6.59. The van der Waals surface area contributed by atoms with E-state index in [2.05, 4.69) is 24.0 Å². The van der Waals surface area contributed by atoms with Gasteiger partial charge in [-0.2, -0.15) is 16.7 Å². The van der Waals surface area contributed by atoms with Crippen LogP contribution in [0.2, 0.25) is 0 Å². The summed E-state index contributed by atoms with van der Waals surface area (Å²) in [5, 5.41) is 3.90. The molecule has 4 nitrogen and oxygen atoms in total. The molecule has 0 saturated heterocycles. The van der Waals surface area contributed by atoms with Gasteiger partial charge in [0.05, 0.1) is 11.8 Å². The van der Waals surface area contributed by atoms with Crippen LogP contribution in [-0.4, -0.2) is 15.9 Å². The molecule has 0 bridgehead atoms. The molecule has 0 aliphatic heterocycles. The molecule has 0 aliphatic carbocycles. The Balaban J connectivity index is 2.41. The zero-order valence-electron chi connectivity index (χ0n) is 9.40. The molecule has 0 aromatic carbocycles. The van der Waals surface area contributed by atoms with E-state index in [1.54, 1.807) is 0 Å². The average molecular weight is 229 g/mol. The minimum atomic E-state index is -0.104. The second kappa shape index (κ2) is 6.85. The summed E-state index contributed by atoms with van der Waals surface area (Å²) in [6, 6.07) is -0.104. The van der Waals surface area contributed by atoms with E-state index in [4.69, 9.17) is 10.3 Å². The first-order chi connectivity index (χ1) is 7.27. The van der Waals surface area contributed by atoms with Gasteiger partial charge in [-0.05, 0) is 18.6 Å². The first-order valence-electron chi connectivity index (χ1n) is 5.43. The second-order valence-corrected chi connectivity index (χ2v) is 4.60. The Kier molecular flexibility index (Phi) is 5.71. The third-order valence-corrected chi connectivity index (χ3v) is 3.14. The van der Waals surface area contributed by atoms with Crippen molar-refractivity contribution in [3.05, 3.63) is 11.7 Å². The summed E-state index contributed by atoms with van der Waals surface area (Å²) in [5.74, 6) is 3.28. The lowest BCUT2D eigenvalue weighted by molar-refractivity contribution is 0.345. The van der Waals surface area contributed by atoms with Crippen molar-refractivity contribution in [1.29, 1.82) is 0 Å². The van der Waals surface area contributed by atoms with Gasteiger partial charge in [-0.15, -0.1) is 0 Å². The predicted octanol–water partition coefficient (Wildman–Crippen LogP) is 2.51. The van der Waals surface area contributed by atoms with Crippen LogP contribution < -0.4 is 5.73 Å². The molecule has 0 fully saturated rings. The molecule has 0 saturated carbocycles. The third kappa shape index (κ3) is 4.22. The molecule has 1 aromatic heterocycles. The summed E-state index contributed by atoms with van der Waals surface area (Å²) in [6.45, 7) is 4.25. The van der Waals surface area contributed by atoms with Gasteiger partial charge in [-0.3, -0.25) is 0 Å². The molecule has 1 aromatic rings. The molecule has 2 N–H and O–H groups in total. The van der Waals surface area contributed by atoms with Gasteiger partial charge >= 0.3 is 0 Å². The smallest absolute Gasteiger partial charge is 0.243 e. The average Bonchev–Trinajstić information content (AvgIpc) is 2.67. The maximum absolute atomic E-state index is 5.87. The van der Waals surface area contributed by atoms with Crippen LogP contribution in [0, 0.1) is 0 Å². The lowest BCUT2D eigenvalue weighted by atomic mass is 10.2. The molecule has 1 heterocycles. The van der Waals surface area contributed by atoms with Gasteiger partial charge in [0.1, 0.15) is 0 Å². The van der Waals surface area contributed by atoms with Crippen molar-refractivity contribution in [2.45, 2.75) is 44.9 Å². The topological polar surface area (TPSA) is 64.9 Å². The Morgan fingerprint density at radius 3 is 2.87 bits per heavy atom. The fraction of sp³-hybridized carbons (Fsp3) is 0.800. The van der Waals surface area contributed by atoms with Crippen molar-refractivity contribution in [3.8, 4) is 0 Å². The quantitative estimate of drug-likeness (QED) is 0.728. The van der Waals surface area contributed by atoms with E-state index < -0.39 is 0 Å². The van der Waals surface area contributed by atoms with Gasteiger partial charge in [0, 0.05) is 0 Å². The van der Waals surface area contributed by atoms with Crippen LogP contribution in [0.3, 0.4) is 0 Å². The molecule has 15 heavy (non-hydrogen) atoms. The molecule has 0 spiro atoms. The Hall–Kier alpha value is -0.550. The largest absolute Gasteiger partial charge is 0.338 e. The Morgan fingerprint density at radius 2 is 2.20 bits per heavy atom. The SMILES string of the molecule is CCCSCc1noc([C@H](N)CCC)n1. The van der Waals surface area contributed by atoms with E-state index in [9.17, 15) is 0 Å².